The second-order valence-electron chi connectivity index (χ2n) is 7.50. The van der Waals surface area contributed by atoms with Crippen LogP contribution in [-0.2, 0) is 10.1 Å². The van der Waals surface area contributed by atoms with E-state index in [9.17, 15) is 18.0 Å². The van der Waals surface area contributed by atoms with Crippen LogP contribution in [0.4, 0.5) is 0 Å². The molecule has 0 bridgehead atoms. The Morgan fingerprint density at radius 3 is 1.40 bits per heavy atom. The Hall–Kier alpha value is -1.50. The fraction of sp³-hybridized carbons (Fsp3) is 0.619. The third kappa shape index (κ3) is 11.0. The fourth-order valence-electron chi connectivity index (χ4n) is 2.96. The zero-order valence-electron chi connectivity index (χ0n) is 18.1. The molecule has 0 fully saturated rings. The molecular weight excluding hydrogens is 427 g/mol. The van der Waals surface area contributed by atoms with Crippen molar-refractivity contribution in [2.45, 2.75) is 88.6 Å². The summed E-state index contributed by atoms with van der Waals surface area (Å²) >= 11 is 0. The lowest BCUT2D eigenvalue weighted by molar-refractivity contribution is 0.0696. The molecule has 1 aromatic carbocycles. The van der Waals surface area contributed by atoms with Gasteiger partial charge in [-0.2, -0.15) is 8.42 Å². The molecule has 3 N–H and O–H groups in total. The van der Waals surface area contributed by atoms with Gasteiger partial charge in [0.25, 0.3) is 10.1 Å². The maximum atomic E-state index is 10.8. The Morgan fingerprint density at radius 2 is 1.17 bits per heavy atom. The maximum Gasteiger partial charge on any atom is 0.335 e. The van der Waals surface area contributed by atoms with E-state index >= 15 is 0 Å². The standard InChI is InChI=1S/C13H29P.C8H6O7S/c1-4-7-10-13(14,11-8-5-2)12-9-6-3;9-7(10)4-1-5(8(11)12)3-6(2-4)16(13,14)15/h4-12,14H2,1-3H3;1-3H,(H,9,10)(H,11,12)(H,13,14,15). The van der Waals surface area contributed by atoms with Gasteiger partial charge in [-0.05, 0) is 42.6 Å². The van der Waals surface area contributed by atoms with Crippen LogP contribution in [0.25, 0.3) is 0 Å². The fourth-order valence-corrected chi connectivity index (χ4v) is 4.12. The van der Waals surface area contributed by atoms with Crippen molar-refractivity contribution in [1.82, 2.24) is 0 Å². The average molecular weight is 463 g/mol. The first-order valence-electron chi connectivity index (χ1n) is 10.3. The molecular formula is C21H35O7PS. The van der Waals surface area contributed by atoms with Crippen LogP contribution < -0.4 is 0 Å². The monoisotopic (exact) mass is 462 g/mol. The normalized spacial score (nSPS) is 11.5. The lowest BCUT2D eigenvalue weighted by Crippen LogP contribution is -2.20. The molecule has 0 aliphatic heterocycles. The number of hydrogen-bond acceptors (Lipinski definition) is 4. The van der Waals surface area contributed by atoms with Crippen molar-refractivity contribution in [3.05, 3.63) is 29.3 Å². The molecule has 9 heteroatoms. The van der Waals surface area contributed by atoms with Gasteiger partial charge in [0.1, 0.15) is 0 Å². The molecule has 0 amide bonds. The second-order valence-corrected chi connectivity index (χ2v) is 10.2. The summed E-state index contributed by atoms with van der Waals surface area (Å²) in [4.78, 5) is 20.4. The molecule has 1 aromatic rings. The number of carboxylic acids is 2. The van der Waals surface area contributed by atoms with Crippen molar-refractivity contribution < 1.29 is 32.8 Å². The van der Waals surface area contributed by atoms with Gasteiger partial charge in [-0.3, -0.25) is 4.55 Å². The highest BCUT2D eigenvalue weighted by Gasteiger charge is 2.22. The molecule has 0 radical (unpaired) electrons. The number of unbranched alkanes of at least 4 members (excludes halogenated alkanes) is 3. The van der Waals surface area contributed by atoms with Crippen molar-refractivity contribution in [2.24, 2.45) is 0 Å². The summed E-state index contributed by atoms with van der Waals surface area (Å²) < 4.78 is 30.2. The SMILES string of the molecule is CCCCC(P)(CCCC)CCCC.O=C(O)c1cc(C(=O)O)cc(S(=O)(=O)O)c1. The molecule has 1 atom stereocenters. The molecule has 0 heterocycles. The lowest BCUT2D eigenvalue weighted by atomic mass is 9.90. The Bertz CT molecular complexity index is 737. The van der Waals surface area contributed by atoms with Crippen LogP contribution in [0.2, 0.25) is 0 Å². The number of aromatic carboxylic acids is 2. The number of hydrogen-bond donors (Lipinski definition) is 3. The van der Waals surface area contributed by atoms with E-state index in [1.807, 2.05) is 0 Å². The molecule has 0 aromatic heterocycles. The van der Waals surface area contributed by atoms with Gasteiger partial charge < -0.3 is 10.2 Å². The summed E-state index contributed by atoms with van der Waals surface area (Å²) in [5, 5.41) is 17.8. The highest BCUT2D eigenvalue weighted by molar-refractivity contribution is 7.85. The topological polar surface area (TPSA) is 129 Å². The van der Waals surface area contributed by atoms with Crippen LogP contribution in [0, 0.1) is 0 Å². The average Bonchev–Trinajstić information content (AvgIpc) is 2.68. The Morgan fingerprint density at radius 1 is 0.833 bits per heavy atom. The Kier molecular flexibility index (Phi) is 13.0. The third-order valence-electron chi connectivity index (χ3n) is 4.78. The van der Waals surface area contributed by atoms with Crippen molar-refractivity contribution in [3.63, 3.8) is 0 Å². The number of carboxylic acid groups (broad SMARTS) is 2. The van der Waals surface area contributed by atoms with Gasteiger partial charge in [-0.25, -0.2) is 9.59 Å². The van der Waals surface area contributed by atoms with Crippen molar-refractivity contribution in [1.29, 1.82) is 0 Å². The Labute approximate surface area is 182 Å². The van der Waals surface area contributed by atoms with E-state index in [0.717, 1.165) is 6.07 Å². The van der Waals surface area contributed by atoms with Crippen molar-refractivity contribution in [2.75, 3.05) is 0 Å². The predicted molar refractivity (Wildman–Crippen MR) is 121 cm³/mol. The molecule has 7 nitrogen and oxygen atoms in total. The summed E-state index contributed by atoms with van der Waals surface area (Å²) in [5.41, 5.74) is -1.07. The first kappa shape index (κ1) is 28.5. The highest BCUT2D eigenvalue weighted by atomic mass is 32.2. The van der Waals surface area contributed by atoms with Crippen LogP contribution in [0.3, 0.4) is 0 Å². The first-order valence-corrected chi connectivity index (χ1v) is 12.3. The van der Waals surface area contributed by atoms with E-state index in [1.54, 1.807) is 0 Å². The van der Waals surface area contributed by atoms with Gasteiger partial charge >= 0.3 is 11.9 Å². The zero-order chi connectivity index (χ0) is 23.4. The van der Waals surface area contributed by atoms with E-state index < -0.39 is 38.1 Å². The van der Waals surface area contributed by atoms with E-state index in [-0.39, 0.29) is 0 Å². The van der Waals surface area contributed by atoms with Gasteiger partial charge in [0.15, 0.2) is 0 Å². The molecule has 0 aliphatic carbocycles. The van der Waals surface area contributed by atoms with E-state index in [2.05, 4.69) is 30.0 Å². The summed E-state index contributed by atoms with van der Waals surface area (Å²) in [6, 6.07) is 2.13. The molecule has 1 unspecified atom stereocenters. The minimum atomic E-state index is -4.64. The smallest absolute Gasteiger partial charge is 0.335 e. The van der Waals surface area contributed by atoms with Crippen LogP contribution in [0.15, 0.2) is 23.1 Å². The molecule has 0 saturated heterocycles. The second kappa shape index (κ2) is 13.7. The number of carbonyl (C=O) groups is 2. The molecule has 0 aliphatic rings. The molecule has 0 spiro atoms. The lowest BCUT2D eigenvalue weighted by Gasteiger charge is -2.29. The zero-order valence-corrected chi connectivity index (χ0v) is 20.0. The number of rotatable bonds is 12. The largest absolute Gasteiger partial charge is 0.478 e. The highest BCUT2D eigenvalue weighted by Crippen LogP contribution is 2.36. The summed E-state index contributed by atoms with van der Waals surface area (Å²) in [6.07, 6.45) is 12.5. The van der Waals surface area contributed by atoms with Crippen LogP contribution >= 0.6 is 9.24 Å². The molecule has 30 heavy (non-hydrogen) atoms. The summed E-state index contributed by atoms with van der Waals surface area (Å²) in [5.74, 6) is -2.99. The van der Waals surface area contributed by atoms with Crippen LogP contribution in [0.5, 0.6) is 0 Å². The van der Waals surface area contributed by atoms with Gasteiger partial charge in [0, 0.05) is 0 Å². The maximum absolute atomic E-state index is 10.8. The van der Waals surface area contributed by atoms with Crippen molar-refractivity contribution >= 4 is 31.3 Å². The summed E-state index contributed by atoms with van der Waals surface area (Å²) in [7, 11) is -1.48. The minimum Gasteiger partial charge on any atom is -0.478 e. The van der Waals surface area contributed by atoms with Gasteiger partial charge in [0.2, 0.25) is 0 Å². The van der Waals surface area contributed by atoms with E-state index in [4.69, 9.17) is 14.8 Å². The Balaban J connectivity index is 0.000000567. The van der Waals surface area contributed by atoms with E-state index in [1.165, 1.54) is 57.8 Å². The van der Waals surface area contributed by atoms with Gasteiger partial charge in [-0.1, -0.05) is 59.3 Å². The quantitative estimate of drug-likeness (QED) is 0.276. The number of benzene rings is 1. The summed E-state index contributed by atoms with van der Waals surface area (Å²) in [6.45, 7) is 6.89. The van der Waals surface area contributed by atoms with Crippen molar-refractivity contribution in [3.8, 4) is 0 Å². The van der Waals surface area contributed by atoms with Gasteiger partial charge in [0.05, 0.1) is 16.0 Å². The van der Waals surface area contributed by atoms with E-state index in [0.29, 0.717) is 17.3 Å². The molecule has 0 saturated carbocycles. The molecule has 1 rings (SSSR count). The van der Waals surface area contributed by atoms with Gasteiger partial charge in [-0.15, -0.1) is 9.24 Å². The first-order chi connectivity index (χ1) is 13.9. The van der Waals surface area contributed by atoms with Crippen LogP contribution in [0.1, 0.15) is 99.3 Å². The van der Waals surface area contributed by atoms with Crippen LogP contribution in [-0.4, -0.2) is 40.3 Å². The predicted octanol–water partition coefficient (Wildman–Crippen LogP) is 5.50. The minimum absolute atomic E-state index is 0.535. The molecule has 172 valence electrons. The third-order valence-corrected chi connectivity index (χ3v) is 6.48.